The van der Waals surface area contributed by atoms with Gasteiger partial charge in [0.2, 0.25) is 5.82 Å². The molecule has 58 valence electrons. The highest BCUT2D eigenvalue weighted by atomic mass is 19.1. The molecule has 1 heterocycles. The summed E-state index contributed by atoms with van der Waals surface area (Å²) < 4.78 is 12.4. The van der Waals surface area contributed by atoms with E-state index in [0.717, 1.165) is 6.20 Å². The zero-order chi connectivity index (χ0) is 8.43. The third-order valence-corrected chi connectivity index (χ3v) is 0.980. The maximum Gasteiger partial charge on any atom is 0.399 e. The predicted molar refractivity (Wildman–Crippen MR) is 32.5 cm³/mol. The Kier molecular flexibility index (Phi) is 1.67. The third kappa shape index (κ3) is 1.40. The van der Waals surface area contributed by atoms with E-state index in [4.69, 9.17) is 5.11 Å². The maximum atomic E-state index is 12.4. The van der Waals surface area contributed by atoms with E-state index in [2.05, 4.69) is 4.98 Å². The Balaban J connectivity index is 3.20. The molecule has 0 atom stereocenters. The smallest absolute Gasteiger partial charge is 0.399 e. The van der Waals surface area contributed by atoms with Crippen LogP contribution in [-0.4, -0.2) is 15.0 Å². The second-order valence-corrected chi connectivity index (χ2v) is 1.76. The van der Waals surface area contributed by atoms with Crippen molar-refractivity contribution in [3.05, 3.63) is 28.2 Å². The number of rotatable bonds is 1. The molecular weight excluding hydrogens is 155 g/mol. The van der Waals surface area contributed by atoms with Crippen LogP contribution in [0, 0.1) is 15.9 Å². The van der Waals surface area contributed by atoms with Gasteiger partial charge in [-0.05, 0) is 9.91 Å². The lowest BCUT2D eigenvalue weighted by Gasteiger charge is -1.92. The molecule has 0 bridgehead atoms. The van der Waals surface area contributed by atoms with Gasteiger partial charge in [-0.25, -0.2) is 0 Å². The first kappa shape index (κ1) is 7.39. The van der Waals surface area contributed by atoms with Crippen molar-refractivity contribution in [2.75, 3.05) is 0 Å². The largest absolute Gasteiger partial charge is 0.504 e. The van der Waals surface area contributed by atoms with Crippen LogP contribution in [0.15, 0.2) is 12.3 Å². The first-order valence-electron chi connectivity index (χ1n) is 2.60. The zero-order valence-corrected chi connectivity index (χ0v) is 5.19. The molecule has 1 aromatic heterocycles. The van der Waals surface area contributed by atoms with Crippen molar-refractivity contribution < 1.29 is 14.4 Å². The van der Waals surface area contributed by atoms with Crippen LogP contribution < -0.4 is 0 Å². The van der Waals surface area contributed by atoms with Gasteiger partial charge in [-0.15, -0.1) is 0 Å². The van der Waals surface area contributed by atoms with E-state index in [0.29, 0.717) is 6.07 Å². The SMILES string of the molecule is O=[N+]([O-])c1ncc(O)cc1F. The predicted octanol–water partition coefficient (Wildman–Crippen LogP) is 0.834. The molecule has 0 unspecified atom stereocenters. The lowest BCUT2D eigenvalue weighted by Crippen LogP contribution is -1.94. The maximum absolute atomic E-state index is 12.4. The number of aromatic hydroxyl groups is 1. The van der Waals surface area contributed by atoms with Gasteiger partial charge in [0.1, 0.15) is 0 Å². The summed E-state index contributed by atoms with van der Waals surface area (Å²) in [5, 5.41) is 18.5. The van der Waals surface area contributed by atoms with Crippen LogP contribution in [0.4, 0.5) is 10.2 Å². The van der Waals surface area contributed by atoms with Gasteiger partial charge in [-0.2, -0.15) is 4.39 Å². The number of nitro groups is 1. The minimum Gasteiger partial charge on any atom is -0.504 e. The van der Waals surface area contributed by atoms with E-state index >= 15 is 0 Å². The van der Waals surface area contributed by atoms with Crippen LogP contribution in [0.5, 0.6) is 5.75 Å². The van der Waals surface area contributed by atoms with E-state index < -0.39 is 22.3 Å². The van der Waals surface area contributed by atoms with E-state index in [9.17, 15) is 14.5 Å². The number of pyridine rings is 1. The molecule has 0 aromatic carbocycles. The van der Waals surface area contributed by atoms with Crippen molar-refractivity contribution in [2.45, 2.75) is 0 Å². The summed E-state index contributed by atoms with van der Waals surface area (Å²) in [7, 11) is 0. The van der Waals surface area contributed by atoms with Crippen LogP contribution in [0.2, 0.25) is 0 Å². The minimum atomic E-state index is -1.14. The molecule has 0 saturated carbocycles. The van der Waals surface area contributed by atoms with E-state index in [1.165, 1.54) is 0 Å². The van der Waals surface area contributed by atoms with Crippen LogP contribution in [-0.2, 0) is 0 Å². The van der Waals surface area contributed by atoms with E-state index in [-0.39, 0.29) is 0 Å². The summed E-state index contributed by atoms with van der Waals surface area (Å²) in [6.07, 6.45) is 0.807. The van der Waals surface area contributed by atoms with Gasteiger partial charge in [0.15, 0.2) is 11.9 Å². The van der Waals surface area contributed by atoms with Gasteiger partial charge in [-0.1, -0.05) is 0 Å². The lowest BCUT2D eigenvalue weighted by molar-refractivity contribution is -0.392. The first-order chi connectivity index (χ1) is 5.11. The Morgan fingerprint density at radius 1 is 1.73 bits per heavy atom. The number of hydrogen-bond donors (Lipinski definition) is 1. The van der Waals surface area contributed by atoms with Crippen molar-refractivity contribution in [2.24, 2.45) is 0 Å². The lowest BCUT2D eigenvalue weighted by atomic mass is 10.4. The second-order valence-electron chi connectivity index (χ2n) is 1.76. The quantitative estimate of drug-likeness (QED) is 0.485. The molecule has 1 rings (SSSR count). The first-order valence-corrected chi connectivity index (χ1v) is 2.60. The highest BCUT2D eigenvalue weighted by molar-refractivity contribution is 5.27. The molecule has 1 aromatic rings. The van der Waals surface area contributed by atoms with Crippen LogP contribution in [0.25, 0.3) is 0 Å². The summed E-state index contributed by atoms with van der Waals surface area (Å²) in [5.41, 5.74) is 0. The summed E-state index contributed by atoms with van der Waals surface area (Å²) in [6.45, 7) is 0. The molecule has 0 spiro atoms. The highest BCUT2D eigenvalue weighted by Gasteiger charge is 2.15. The van der Waals surface area contributed by atoms with Crippen molar-refractivity contribution in [3.8, 4) is 5.75 Å². The highest BCUT2D eigenvalue weighted by Crippen LogP contribution is 2.16. The Labute approximate surface area is 60.3 Å². The number of hydrogen-bond acceptors (Lipinski definition) is 4. The Hall–Kier alpha value is -1.72. The zero-order valence-electron chi connectivity index (χ0n) is 5.19. The second kappa shape index (κ2) is 2.49. The van der Waals surface area contributed by atoms with Gasteiger partial charge in [0.25, 0.3) is 0 Å². The summed E-state index contributed by atoms with van der Waals surface area (Å²) >= 11 is 0. The standard InChI is InChI=1S/C5H3FN2O3/c6-4-1-3(9)2-7-5(4)8(10)11/h1-2,9H. The van der Waals surface area contributed by atoms with Crippen molar-refractivity contribution in [1.29, 1.82) is 0 Å². The normalized spacial score (nSPS) is 9.55. The summed E-state index contributed by atoms with van der Waals surface area (Å²) in [5.74, 6) is -2.47. The Morgan fingerprint density at radius 2 is 2.36 bits per heavy atom. The average molecular weight is 158 g/mol. The Morgan fingerprint density at radius 3 is 2.82 bits per heavy atom. The number of nitrogens with zero attached hydrogens (tertiary/aromatic N) is 2. The van der Waals surface area contributed by atoms with E-state index in [1.54, 1.807) is 0 Å². The Bertz CT molecular complexity index is 302. The van der Waals surface area contributed by atoms with Crippen molar-refractivity contribution in [3.63, 3.8) is 0 Å². The summed E-state index contributed by atoms with van der Waals surface area (Å²) in [4.78, 5) is 12.0. The molecule has 11 heavy (non-hydrogen) atoms. The number of aromatic nitrogens is 1. The van der Waals surface area contributed by atoms with Gasteiger partial charge in [0, 0.05) is 6.07 Å². The molecule has 0 aliphatic heterocycles. The molecule has 0 aliphatic carbocycles. The van der Waals surface area contributed by atoms with Crippen LogP contribution in [0.1, 0.15) is 0 Å². The molecule has 0 amide bonds. The van der Waals surface area contributed by atoms with E-state index in [1.807, 2.05) is 0 Å². The molecule has 0 fully saturated rings. The molecule has 0 aliphatic rings. The topological polar surface area (TPSA) is 76.3 Å². The molecule has 6 heteroatoms. The fourth-order valence-electron chi connectivity index (χ4n) is 0.555. The minimum absolute atomic E-state index is 0.437. The fourth-order valence-corrected chi connectivity index (χ4v) is 0.555. The monoisotopic (exact) mass is 158 g/mol. The fraction of sp³-hybridized carbons (Fsp3) is 0. The van der Waals surface area contributed by atoms with Crippen LogP contribution >= 0.6 is 0 Å². The van der Waals surface area contributed by atoms with Gasteiger partial charge >= 0.3 is 5.82 Å². The molecule has 0 radical (unpaired) electrons. The van der Waals surface area contributed by atoms with Gasteiger partial charge < -0.3 is 15.2 Å². The number of halogens is 1. The van der Waals surface area contributed by atoms with Crippen molar-refractivity contribution in [1.82, 2.24) is 4.98 Å². The van der Waals surface area contributed by atoms with Crippen molar-refractivity contribution >= 4 is 5.82 Å². The average Bonchev–Trinajstić information content (AvgIpc) is 1.85. The summed E-state index contributed by atoms with van der Waals surface area (Å²) in [6, 6.07) is 0.630. The molecule has 5 nitrogen and oxygen atoms in total. The molecule has 0 saturated heterocycles. The molecular formula is C5H3FN2O3. The molecule has 1 N–H and O–H groups in total. The van der Waals surface area contributed by atoms with Crippen LogP contribution in [0.3, 0.4) is 0 Å². The van der Waals surface area contributed by atoms with Gasteiger partial charge in [0.05, 0.1) is 0 Å². The van der Waals surface area contributed by atoms with Gasteiger partial charge in [-0.3, -0.25) is 0 Å². The third-order valence-electron chi connectivity index (χ3n) is 0.980.